The van der Waals surface area contributed by atoms with Crippen LogP contribution in [0.2, 0.25) is 0 Å². The fourth-order valence-electron chi connectivity index (χ4n) is 2.97. The number of hydrogen-bond acceptors (Lipinski definition) is 3. The Balaban J connectivity index is 2.14. The summed E-state index contributed by atoms with van der Waals surface area (Å²) in [5, 5.41) is 6.31. The van der Waals surface area contributed by atoms with Gasteiger partial charge in [-0.1, -0.05) is 19.1 Å². The number of amides is 1. The zero-order valence-corrected chi connectivity index (χ0v) is 13.3. The Hall–Kier alpha value is -1.46. The third-order valence-electron chi connectivity index (χ3n) is 4.30. The van der Waals surface area contributed by atoms with Gasteiger partial charge in [0, 0.05) is 25.8 Å². The van der Waals surface area contributed by atoms with E-state index in [1.807, 2.05) is 13.8 Å². The van der Waals surface area contributed by atoms with Gasteiger partial charge in [-0.15, -0.1) is 0 Å². The number of halogens is 1. The molecule has 0 bridgehead atoms. The molecule has 1 heterocycles. The SMILES string of the molecule is CCN[C@H](C)CNC(=O)C1(c2ccc(F)cc2)CCOCC1. The van der Waals surface area contributed by atoms with Crippen molar-refractivity contribution in [3.8, 4) is 0 Å². The van der Waals surface area contributed by atoms with Crippen LogP contribution in [0.3, 0.4) is 0 Å². The maximum absolute atomic E-state index is 13.2. The summed E-state index contributed by atoms with van der Waals surface area (Å²) < 4.78 is 18.6. The van der Waals surface area contributed by atoms with Gasteiger partial charge in [-0.25, -0.2) is 4.39 Å². The van der Waals surface area contributed by atoms with Crippen LogP contribution in [-0.4, -0.2) is 38.3 Å². The van der Waals surface area contributed by atoms with Crippen LogP contribution in [0.4, 0.5) is 4.39 Å². The summed E-state index contributed by atoms with van der Waals surface area (Å²) in [7, 11) is 0. The summed E-state index contributed by atoms with van der Waals surface area (Å²) in [6, 6.07) is 6.49. The van der Waals surface area contributed by atoms with Crippen molar-refractivity contribution in [2.75, 3.05) is 26.3 Å². The van der Waals surface area contributed by atoms with Crippen molar-refractivity contribution < 1.29 is 13.9 Å². The van der Waals surface area contributed by atoms with E-state index in [1.165, 1.54) is 12.1 Å². The number of hydrogen-bond donors (Lipinski definition) is 2. The first-order valence-electron chi connectivity index (χ1n) is 7.94. The second-order valence-electron chi connectivity index (χ2n) is 5.87. The zero-order valence-electron chi connectivity index (χ0n) is 13.3. The van der Waals surface area contributed by atoms with Crippen molar-refractivity contribution in [3.05, 3.63) is 35.6 Å². The number of likely N-dealkylation sites (N-methyl/N-ethyl adjacent to an activating group) is 1. The molecule has 1 saturated heterocycles. The molecule has 122 valence electrons. The summed E-state index contributed by atoms with van der Waals surface area (Å²) in [4.78, 5) is 12.8. The summed E-state index contributed by atoms with van der Waals surface area (Å²) >= 11 is 0. The van der Waals surface area contributed by atoms with E-state index in [1.54, 1.807) is 12.1 Å². The molecular weight excluding hydrogens is 283 g/mol. The Bertz CT molecular complexity index is 484. The summed E-state index contributed by atoms with van der Waals surface area (Å²) in [5.41, 5.74) is 0.253. The van der Waals surface area contributed by atoms with E-state index in [-0.39, 0.29) is 17.8 Å². The van der Waals surface area contributed by atoms with E-state index < -0.39 is 5.41 Å². The van der Waals surface area contributed by atoms with Crippen molar-refractivity contribution in [1.82, 2.24) is 10.6 Å². The van der Waals surface area contributed by atoms with Crippen LogP contribution >= 0.6 is 0 Å². The van der Waals surface area contributed by atoms with Gasteiger partial charge >= 0.3 is 0 Å². The first-order chi connectivity index (χ1) is 10.6. The quantitative estimate of drug-likeness (QED) is 0.845. The molecule has 1 aromatic carbocycles. The highest BCUT2D eigenvalue weighted by Gasteiger charge is 2.41. The van der Waals surface area contributed by atoms with Gasteiger partial charge in [0.05, 0.1) is 5.41 Å². The minimum atomic E-state index is -0.613. The van der Waals surface area contributed by atoms with Gasteiger partial charge in [0.2, 0.25) is 5.91 Å². The molecule has 2 rings (SSSR count). The number of benzene rings is 1. The van der Waals surface area contributed by atoms with Crippen molar-refractivity contribution in [2.24, 2.45) is 0 Å². The van der Waals surface area contributed by atoms with Crippen LogP contribution < -0.4 is 10.6 Å². The molecule has 0 spiro atoms. The Labute approximate surface area is 131 Å². The van der Waals surface area contributed by atoms with Gasteiger partial charge < -0.3 is 15.4 Å². The Morgan fingerprint density at radius 1 is 1.32 bits per heavy atom. The Kier molecular flexibility index (Phi) is 5.91. The number of carbonyl (C=O) groups excluding carboxylic acids is 1. The molecule has 1 aliphatic rings. The van der Waals surface area contributed by atoms with E-state index in [0.717, 1.165) is 12.1 Å². The van der Waals surface area contributed by atoms with Crippen LogP contribution in [0.5, 0.6) is 0 Å². The van der Waals surface area contributed by atoms with Crippen LogP contribution in [-0.2, 0) is 14.9 Å². The summed E-state index contributed by atoms with van der Waals surface area (Å²) in [6.07, 6.45) is 1.25. The van der Waals surface area contributed by atoms with Gasteiger partial charge in [-0.2, -0.15) is 0 Å². The molecular formula is C17H25FN2O2. The lowest BCUT2D eigenvalue weighted by Gasteiger charge is -2.36. The predicted octanol–water partition coefficient (Wildman–Crippen LogP) is 1.99. The number of nitrogens with one attached hydrogen (secondary N) is 2. The highest BCUT2D eigenvalue weighted by molar-refractivity contribution is 5.88. The second-order valence-corrected chi connectivity index (χ2v) is 5.87. The number of carbonyl (C=O) groups is 1. The highest BCUT2D eigenvalue weighted by atomic mass is 19.1. The third kappa shape index (κ3) is 3.84. The van der Waals surface area contributed by atoms with Crippen LogP contribution in [0, 0.1) is 5.82 Å². The second kappa shape index (κ2) is 7.70. The largest absolute Gasteiger partial charge is 0.381 e. The molecule has 0 aromatic heterocycles. The molecule has 0 unspecified atom stereocenters. The molecule has 22 heavy (non-hydrogen) atoms. The molecule has 0 saturated carbocycles. The molecule has 2 N–H and O–H groups in total. The van der Waals surface area contributed by atoms with Crippen molar-refractivity contribution in [3.63, 3.8) is 0 Å². The Morgan fingerprint density at radius 3 is 2.55 bits per heavy atom. The maximum Gasteiger partial charge on any atom is 0.230 e. The molecule has 0 radical (unpaired) electrons. The van der Waals surface area contributed by atoms with Crippen LogP contribution in [0.15, 0.2) is 24.3 Å². The maximum atomic E-state index is 13.2. The molecule has 1 fully saturated rings. The first kappa shape index (κ1) is 16.9. The van der Waals surface area contributed by atoms with Gasteiger partial charge in [0.1, 0.15) is 5.82 Å². The normalized spacial score (nSPS) is 18.7. The topological polar surface area (TPSA) is 50.4 Å². The van der Waals surface area contributed by atoms with E-state index >= 15 is 0 Å². The molecule has 4 nitrogen and oxygen atoms in total. The average molecular weight is 308 g/mol. The first-order valence-corrected chi connectivity index (χ1v) is 7.94. The fraction of sp³-hybridized carbons (Fsp3) is 0.588. The van der Waals surface area contributed by atoms with Crippen LogP contribution in [0.25, 0.3) is 0 Å². The summed E-state index contributed by atoms with van der Waals surface area (Å²) in [6.45, 7) is 6.63. The lowest BCUT2D eigenvalue weighted by molar-refractivity contribution is -0.130. The molecule has 5 heteroatoms. The minimum absolute atomic E-state index is 0.00663. The molecule has 1 amide bonds. The van der Waals surface area contributed by atoms with Crippen LogP contribution in [0.1, 0.15) is 32.3 Å². The highest BCUT2D eigenvalue weighted by Crippen LogP contribution is 2.35. The summed E-state index contributed by atoms with van der Waals surface area (Å²) in [5.74, 6) is -0.278. The van der Waals surface area contributed by atoms with Crippen molar-refractivity contribution in [1.29, 1.82) is 0 Å². The smallest absolute Gasteiger partial charge is 0.230 e. The number of rotatable bonds is 6. The average Bonchev–Trinajstić information content (AvgIpc) is 2.54. The predicted molar refractivity (Wildman–Crippen MR) is 84.3 cm³/mol. The zero-order chi connectivity index (χ0) is 16.0. The molecule has 0 aliphatic carbocycles. The van der Waals surface area contributed by atoms with E-state index in [4.69, 9.17) is 4.74 Å². The molecule has 1 atom stereocenters. The van der Waals surface area contributed by atoms with E-state index in [9.17, 15) is 9.18 Å². The monoisotopic (exact) mass is 308 g/mol. The molecule has 1 aromatic rings. The van der Waals surface area contributed by atoms with E-state index in [0.29, 0.717) is 32.6 Å². The fourth-order valence-corrected chi connectivity index (χ4v) is 2.97. The van der Waals surface area contributed by atoms with Gasteiger partial charge in [0.25, 0.3) is 0 Å². The molecule has 1 aliphatic heterocycles. The lowest BCUT2D eigenvalue weighted by Crippen LogP contribution is -2.50. The lowest BCUT2D eigenvalue weighted by atomic mass is 9.73. The number of ether oxygens (including phenoxy) is 1. The van der Waals surface area contributed by atoms with Gasteiger partial charge in [-0.05, 0) is 44.0 Å². The standard InChI is InChI=1S/C17H25FN2O2/c1-3-19-13(2)12-20-16(21)17(8-10-22-11-9-17)14-4-6-15(18)7-5-14/h4-7,13,19H,3,8-12H2,1-2H3,(H,20,21)/t13-/m1/s1. The third-order valence-corrected chi connectivity index (χ3v) is 4.30. The van der Waals surface area contributed by atoms with Crippen molar-refractivity contribution in [2.45, 2.75) is 38.1 Å². The Morgan fingerprint density at radius 2 is 1.95 bits per heavy atom. The van der Waals surface area contributed by atoms with E-state index in [2.05, 4.69) is 10.6 Å². The van der Waals surface area contributed by atoms with Gasteiger partial charge in [-0.3, -0.25) is 4.79 Å². The minimum Gasteiger partial charge on any atom is -0.381 e. The van der Waals surface area contributed by atoms with Crippen molar-refractivity contribution >= 4 is 5.91 Å². The van der Waals surface area contributed by atoms with Gasteiger partial charge in [0.15, 0.2) is 0 Å².